The summed E-state index contributed by atoms with van der Waals surface area (Å²) in [6.45, 7) is 5.23. The molecule has 0 aliphatic carbocycles. The Labute approximate surface area is 163 Å². The van der Waals surface area contributed by atoms with Gasteiger partial charge in [0.05, 0.1) is 0 Å². The van der Waals surface area contributed by atoms with Crippen LogP contribution in [0.2, 0.25) is 0 Å². The number of benzene rings is 1. The Hall–Kier alpha value is -3.03. The van der Waals surface area contributed by atoms with E-state index in [9.17, 15) is 19.5 Å². The second-order valence-electron chi connectivity index (χ2n) is 7.20. The number of urea groups is 1. The van der Waals surface area contributed by atoms with E-state index in [1.54, 1.807) is 16.7 Å². The van der Waals surface area contributed by atoms with Gasteiger partial charge in [0.1, 0.15) is 11.7 Å². The number of hydrogen-bond acceptors (Lipinski definition) is 3. The van der Waals surface area contributed by atoms with Crippen LogP contribution in [0.3, 0.4) is 0 Å². The number of aromatic nitrogens is 1. The molecule has 3 rings (SSSR count). The van der Waals surface area contributed by atoms with Crippen LogP contribution in [-0.4, -0.2) is 70.0 Å². The quantitative estimate of drug-likeness (QED) is 0.732. The number of carbonyl (C=O) groups is 3. The monoisotopic (exact) mass is 386 g/mol. The van der Waals surface area contributed by atoms with E-state index in [2.05, 4.69) is 10.3 Å². The predicted molar refractivity (Wildman–Crippen MR) is 105 cm³/mol. The molecule has 1 saturated heterocycles. The molecule has 3 amide bonds. The molecule has 2 heterocycles. The molecular formula is C20H26N4O4. The number of aliphatic carboxylic acids is 1. The minimum atomic E-state index is -1.03. The predicted octanol–water partition coefficient (Wildman–Crippen LogP) is 2.13. The molecule has 1 fully saturated rings. The van der Waals surface area contributed by atoms with Crippen molar-refractivity contribution in [3.8, 4) is 0 Å². The molecule has 0 saturated carbocycles. The summed E-state index contributed by atoms with van der Waals surface area (Å²) in [7, 11) is 0. The normalized spacial score (nSPS) is 16.6. The highest BCUT2D eigenvalue weighted by molar-refractivity contribution is 5.98. The maximum absolute atomic E-state index is 12.7. The van der Waals surface area contributed by atoms with E-state index < -0.39 is 18.0 Å². The van der Waals surface area contributed by atoms with Gasteiger partial charge in [0, 0.05) is 37.1 Å². The Morgan fingerprint density at radius 2 is 1.79 bits per heavy atom. The first-order chi connectivity index (χ1) is 13.4. The number of H-pyrrole nitrogens is 1. The second-order valence-corrected chi connectivity index (χ2v) is 7.20. The van der Waals surface area contributed by atoms with E-state index in [-0.39, 0.29) is 11.8 Å². The van der Waals surface area contributed by atoms with Gasteiger partial charge in [-0.15, -0.1) is 0 Å². The fourth-order valence-electron chi connectivity index (χ4n) is 3.38. The van der Waals surface area contributed by atoms with Crippen LogP contribution < -0.4 is 5.32 Å². The average Bonchev–Trinajstić information content (AvgIpc) is 3.14. The van der Waals surface area contributed by atoms with E-state index in [4.69, 9.17) is 0 Å². The molecule has 0 spiro atoms. The Bertz CT molecular complexity index is 837. The Balaban J connectivity index is 1.58. The number of carboxylic acid groups (broad SMARTS) is 1. The lowest BCUT2D eigenvalue weighted by Crippen LogP contribution is -2.56. The van der Waals surface area contributed by atoms with E-state index in [1.165, 1.54) is 0 Å². The van der Waals surface area contributed by atoms with Crippen LogP contribution in [0.1, 0.15) is 30.8 Å². The molecule has 2 aromatic rings. The summed E-state index contributed by atoms with van der Waals surface area (Å²) < 4.78 is 0. The van der Waals surface area contributed by atoms with Gasteiger partial charge in [0.15, 0.2) is 0 Å². The van der Waals surface area contributed by atoms with Gasteiger partial charge >= 0.3 is 12.0 Å². The number of rotatable bonds is 5. The third-order valence-corrected chi connectivity index (χ3v) is 5.37. The fourth-order valence-corrected chi connectivity index (χ4v) is 3.38. The van der Waals surface area contributed by atoms with Crippen LogP contribution in [0.5, 0.6) is 0 Å². The van der Waals surface area contributed by atoms with E-state index in [1.807, 2.05) is 37.3 Å². The topological polar surface area (TPSA) is 106 Å². The number of para-hydroxylation sites is 1. The van der Waals surface area contributed by atoms with Crippen LogP contribution in [-0.2, 0) is 4.79 Å². The molecule has 0 radical (unpaired) electrons. The van der Waals surface area contributed by atoms with Gasteiger partial charge in [0.2, 0.25) is 0 Å². The molecule has 150 valence electrons. The second kappa shape index (κ2) is 8.33. The number of hydrogen-bond donors (Lipinski definition) is 3. The largest absolute Gasteiger partial charge is 0.480 e. The number of carboxylic acids is 1. The summed E-state index contributed by atoms with van der Waals surface area (Å²) in [6, 6.07) is 8.22. The summed E-state index contributed by atoms with van der Waals surface area (Å²) in [4.78, 5) is 43.0. The molecule has 1 aromatic carbocycles. The molecule has 28 heavy (non-hydrogen) atoms. The number of amides is 3. The maximum atomic E-state index is 12.7. The SMILES string of the molecule is CCC(C)[C@@H](NC(=O)N1CCN(C(=O)c2cc3ccccc3[nH]2)CC1)C(=O)O. The van der Waals surface area contributed by atoms with Crippen LogP contribution >= 0.6 is 0 Å². The van der Waals surface area contributed by atoms with E-state index >= 15 is 0 Å². The van der Waals surface area contributed by atoms with Crippen molar-refractivity contribution in [2.45, 2.75) is 26.3 Å². The maximum Gasteiger partial charge on any atom is 0.326 e. The molecule has 8 heteroatoms. The minimum absolute atomic E-state index is 0.0979. The first-order valence-electron chi connectivity index (χ1n) is 9.56. The first kappa shape index (κ1) is 19.7. The molecule has 1 aliphatic rings. The van der Waals surface area contributed by atoms with Gasteiger partial charge in [-0.05, 0) is 18.1 Å². The van der Waals surface area contributed by atoms with Crippen molar-refractivity contribution in [1.29, 1.82) is 0 Å². The van der Waals surface area contributed by atoms with Crippen LogP contribution in [0.15, 0.2) is 30.3 Å². The van der Waals surface area contributed by atoms with Crippen LogP contribution in [0.4, 0.5) is 4.79 Å². The van der Waals surface area contributed by atoms with Crippen molar-refractivity contribution in [2.24, 2.45) is 5.92 Å². The molecule has 8 nitrogen and oxygen atoms in total. The number of nitrogens with one attached hydrogen (secondary N) is 2. The van der Waals surface area contributed by atoms with Gasteiger partial charge in [-0.25, -0.2) is 9.59 Å². The third-order valence-electron chi connectivity index (χ3n) is 5.37. The molecular weight excluding hydrogens is 360 g/mol. The number of piperazine rings is 1. The standard InChI is InChI=1S/C20H26N4O4/c1-3-13(2)17(19(26)27)22-20(28)24-10-8-23(9-11-24)18(25)16-12-14-6-4-5-7-15(14)21-16/h4-7,12-13,17,21H,3,8-11H2,1-2H3,(H,22,28)(H,26,27)/t13?,17-/m1/s1. The molecule has 3 N–H and O–H groups in total. The van der Waals surface area contributed by atoms with Crippen molar-refractivity contribution in [2.75, 3.05) is 26.2 Å². The lowest BCUT2D eigenvalue weighted by atomic mass is 9.99. The first-order valence-corrected chi connectivity index (χ1v) is 9.56. The smallest absolute Gasteiger partial charge is 0.326 e. The van der Waals surface area contributed by atoms with Crippen molar-refractivity contribution in [1.82, 2.24) is 20.1 Å². The molecule has 1 aliphatic heterocycles. The highest BCUT2D eigenvalue weighted by Crippen LogP contribution is 2.17. The van der Waals surface area contributed by atoms with Gasteiger partial charge in [-0.2, -0.15) is 0 Å². The molecule has 2 atom stereocenters. The van der Waals surface area contributed by atoms with Crippen molar-refractivity contribution in [3.63, 3.8) is 0 Å². The number of carbonyl (C=O) groups excluding carboxylic acids is 2. The summed E-state index contributed by atoms with van der Waals surface area (Å²) in [5.74, 6) is -1.29. The summed E-state index contributed by atoms with van der Waals surface area (Å²) in [5, 5.41) is 12.9. The zero-order valence-corrected chi connectivity index (χ0v) is 16.1. The summed E-state index contributed by atoms with van der Waals surface area (Å²) >= 11 is 0. The number of aromatic amines is 1. The summed E-state index contributed by atoms with van der Waals surface area (Å²) in [5.41, 5.74) is 1.44. The molecule has 1 unspecified atom stereocenters. The number of nitrogens with zero attached hydrogens (tertiary/aromatic N) is 2. The highest BCUT2D eigenvalue weighted by atomic mass is 16.4. The molecule has 1 aromatic heterocycles. The van der Waals surface area contributed by atoms with Crippen molar-refractivity contribution < 1.29 is 19.5 Å². The number of fused-ring (bicyclic) bond motifs is 1. The lowest BCUT2D eigenvalue weighted by molar-refractivity contribution is -0.140. The lowest BCUT2D eigenvalue weighted by Gasteiger charge is -2.35. The zero-order valence-electron chi connectivity index (χ0n) is 16.1. The van der Waals surface area contributed by atoms with Gasteiger partial charge in [-0.3, -0.25) is 4.79 Å². The van der Waals surface area contributed by atoms with Gasteiger partial charge in [0.25, 0.3) is 5.91 Å². The fraction of sp³-hybridized carbons (Fsp3) is 0.450. The molecule has 0 bridgehead atoms. The third kappa shape index (κ3) is 4.11. The average molecular weight is 386 g/mol. The van der Waals surface area contributed by atoms with Crippen molar-refractivity contribution >= 4 is 28.8 Å². The Morgan fingerprint density at radius 3 is 2.39 bits per heavy atom. The van der Waals surface area contributed by atoms with Crippen LogP contribution in [0, 0.1) is 5.92 Å². The van der Waals surface area contributed by atoms with Gasteiger partial charge in [-0.1, -0.05) is 38.5 Å². The van der Waals surface area contributed by atoms with E-state index in [0.717, 1.165) is 10.9 Å². The Morgan fingerprint density at radius 1 is 1.14 bits per heavy atom. The summed E-state index contributed by atoms with van der Waals surface area (Å²) in [6.07, 6.45) is 0.657. The minimum Gasteiger partial charge on any atom is -0.480 e. The van der Waals surface area contributed by atoms with Crippen LogP contribution in [0.25, 0.3) is 10.9 Å². The van der Waals surface area contributed by atoms with Gasteiger partial charge < -0.3 is 25.2 Å². The highest BCUT2D eigenvalue weighted by Gasteiger charge is 2.30. The van der Waals surface area contributed by atoms with E-state index in [0.29, 0.717) is 38.3 Å². The Kier molecular flexibility index (Phi) is 5.87. The zero-order chi connectivity index (χ0) is 20.3. The van der Waals surface area contributed by atoms with Crippen molar-refractivity contribution in [3.05, 3.63) is 36.0 Å².